The van der Waals surface area contributed by atoms with Crippen LogP contribution in [0.5, 0.6) is 0 Å². The van der Waals surface area contributed by atoms with Crippen LogP contribution in [0.25, 0.3) is 0 Å². The van der Waals surface area contributed by atoms with Gasteiger partial charge in [-0.05, 0) is 34.1 Å². The van der Waals surface area contributed by atoms with Crippen molar-refractivity contribution in [3.8, 4) is 0 Å². The highest BCUT2D eigenvalue weighted by Crippen LogP contribution is 2.23. The van der Waals surface area contributed by atoms with Gasteiger partial charge in [-0.25, -0.2) is 0 Å². The van der Waals surface area contributed by atoms with Gasteiger partial charge in [-0.15, -0.1) is 0 Å². The molecule has 0 radical (unpaired) electrons. The summed E-state index contributed by atoms with van der Waals surface area (Å²) in [7, 11) is 1.55. The molecule has 0 aromatic heterocycles. The van der Waals surface area contributed by atoms with Crippen molar-refractivity contribution in [2.45, 2.75) is 0 Å². The molecule has 2 amide bonds. The highest BCUT2D eigenvalue weighted by Gasteiger charge is 2.09. The van der Waals surface area contributed by atoms with E-state index in [1.165, 1.54) is 0 Å². The normalized spacial score (nSPS) is 10.1. The minimum Gasteiger partial charge on any atom is -0.383 e. The van der Waals surface area contributed by atoms with Gasteiger partial charge in [0, 0.05) is 23.7 Å². The van der Waals surface area contributed by atoms with Crippen LogP contribution in [-0.4, -0.2) is 38.6 Å². The minimum atomic E-state index is -0.334. The van der Waals surface area contributed by atoms with Crippen LogP contribution in [0.3, 0.4) is 0 Å². The molecule has 0 atom stereocenters. The number of benzene rings is 1. The van der Waals surface area contributed by atoms with E-state index < -0.39 is 0 Å². The quantitative estimate of drug-likeness (QED) is 0.767. The number of hydrogen-bond donors (Lipinski definition) is 2. The molecule has 19 heavy (non-hydrogen) atoms. The molecule has 104 valence electrons. The van der Waals surface area contributed by atoms with Crippen LogP contribution in [0.1, 0.15) is 10.4 Å². The number of nitrogens with one attached hydrogen (secondary N) is 2. The van der Waals surface area contributed by atoms with Crippen LogP contribution in [0.2, 0.25) is 5.02 Å². The van der Waals surface area contributed by atoms with E-state index in [2.05, 4.69) is 26.6 Å². The van der Waals surface area contributed by atoms with Crippen LogP contribution < -0.4 is 10.6 Å². The van der Waals surface area contributed by atoms with Crippen LogP contribution >= 0.6 is 27.5 Å². The van der Waals surface area contributed by atoms with E-state index in [0.29, 0.717) is 28.2 Å². The molecule has 1 rings (SSSR count). The van der Waals surface area contributed by atoms with E-state index in [1.807, 2.05) is 0 Å². The number of carbonyl (C=O) groups excluding carboxylic acids is 2. The second-order valence-electron chi connectivity index (χ2n) is 3.65. The molecule has 1 aromatic rings. The maximum absolute atomic E-state index is 11.8. The standard InChI is InChI=1S/C12H14BrClN2O3/c1-19-5-4-15-11(17)7-16-12(18)8-2-3-10(14)9(13)6-8/h2-3,6H,4-5,7H2,1H3,(H,15,17)(H,16,18). The van der Waals surface area contributed by atoms with E-state index in [1.54, 1.807) is 25.3 Å². The Morgan fingerprint density at radius 2 is 2.11 bits per heavy atom. The monoisotopic (exact) mass is 348 g/mol. The summed E-state index contributed by atoms with van der Waals surface area (Å²) >= 11 is 9.06. The first-order chi connectivity index (χ1) is 9.04. The van der Waals surface area contributed by atoms with Crippen LogP contribution in [0.4, 0.5) is 0 Å². The van der Waals surface area contributed by atoms with Gasteiger partial charge in [-0.1, -0.05) is 11.6 Å². The van der Waals surface area contributed by atoms with Crippen LogP contribution in [0, 0.1) is 0 Å². The molecule has 0 saturated carbocycles. The molecule has 1 aromatic carbocycles. The molecule has 0 spiro atoms. The number of ether oxygens (including phenoxy) is 1. The first-order valence-electron chi connectivity index (χ1n) is 5.53. The summed E-state index contributed by atoms with van der Waals surface area (Å²) in [5.41, 5.74) is 0.431. The maximum Gasteiger partial charge on any atom is 0.251 e. The summed E-state index contributed by atoms with van der Waals surface area (Å²) in [6.07, 6.45) is 0. The molecule has 0 heterocycles. The van der Waals surface area contributed by atoms with E-state index in [0.717, 1.165) is 0 Å². The summed E-state index contributed by atoms with van der Waals surface area (Å²) in [5, 5.41) is 5.64. The molecular weight excluding hydrogens is 336 g/mol. The molecule has 0 bridgehead atoms. The number of amides is 2. The van der Waals surface area contributed by atoms with E-state index >= 15 is 0 Å². The van der Waals surface area contributed by atoms with Crippen molar-refractivity contribution in [1.29, 1.82) is 0 Å². The molecule has 0 fully saturated rings. The van der Waals surface area contributed by atoms with Gasteiger partial charge >= 0.3 is 0 Å². The van der Waals surface area contributed by atoms with Gasteiger partial charge in [0.05, 0.1) is 18.2 Å². The zero-order chi connectivity index (χ0) is 14.3. The summed E-state index contributed by atoms with van der Waals surface area (Å²) in [4.78, 5) is 23.1. The van der Waals surface area contributed by atoms with Crippen molar-refractivity contribution in [1.82, 2.24) is 10.6 Å². The van der Waals surface area contributed by atoms with Crippen molar-refractivity contribution >= 4 is 39.3 Å². The largest absolute Gasteiger partial charge is 0.383 e. The molecule has 0 aliphatic rings. The highest BCUT2D eigenvalue weighted by molar-refractivity contribution is 9.10. The fourth-order valence-corrected chi connectivity index (χ4v) is 1.75. The third-order valence-electron chi connectivity index (χ3n) is 2.22. The van der Waals surface area contributed by atoms with E-state index in [9.17, 15) is 9.59 Å². The van der Waals surface area contributed by atoms with Crippen molar-refractivity contribution in [2.75, 3.05) is 26.8 Å². The van der Waals surface area contributed by atoms with E-state index in [-0.39, 0.29) is 18.4 Å². The summed E-state index contributed by atoms with van der Waals surface area (Å²) in [5.74, 6) is -0.599. The van der Waals surface area contributed by atoms with Crippen molar-refractivity contribution in [3.63, 3.8) is 0 Å². The average molecular weight is 350 g/mol. The molecule has 0 unspecified atom stereocenters. The predicted octanol–water partition coefficient (Wildman–Crippen LogP) is 1.59. The second-order valence-corrected chi connectivity index (χ2v) is 4.92. The maximum atomic E-state index is 11.8. The Morgan fingerprint density at radius 3 is 2.74 bits per heavy atom. The van der Waals surface area contributed by atoms with Crippen LogP contribution in [-0.2, 0) is 9.53 Å². The van der Waals surface area contributed by atoms with Gasteiger partial charge in [0.15, 0.2) is 0 Å². The first kappa shape index (κ1) is 15.9. The van der Waals surface area contributed by atoms with Crippen molar-refractivity contribution in [2.24, 2.45) is 0 Å². The lowest BCUT2D eigenvalue weighted by Crippen LogP contribution is -2.38. The first-order valence-corrected chi connectivity index (χ1v) is 6.70. The Labute approximate surface area is 124 Å². The number of carbonyl (C=O) groups is 2. The zero-order valence-corrected chi connectivity index (χ0v) is 12.7. The second kappa shape index (κ2) is 8.14. The molecule has 0 aliphatic carbocycles. The number of hydrogen-bond acceptors (Lipinski definition) is 3. The van der Waals surface area contributed by atoms with Crippen molar-refractivity contribution in [3.05, 3.63) is 33.3 Å². The van der Waals surface area contributed by atoms with Gasteiger partial charge < -0.3 is 15.4 Å². The third-order valence-corrected chi connectivity index (χ3v) is 3.43. The third kappa shape index (κ3) is 5.59. The lowest BCUT2D eigenvalue weighted by atomic mass is 10.2. The number of rotatable bonds is 6. The van der Waals surface area contributed by atoms with Crippen LogP contribution in [0.15, 0.2) is 22.7 Å². The number of halogens is 2. The Bertz CT molecular complexity index is 468. The topological polar surface area (TPSA) is 67.4 Å². The van der Waals surface area contributed by atoms with Gasteiger partial charge in [-0.3, -0.25) is 9.59 Å². The fourth-order valence-electron chi connectivity index (χ4n) is 1.26. The molecule has 0 saturated heterocycles. The van der Waals surface area contributed by atoms with Crippen molar-refractivity contribution < 1.29 is 14.3 Å². The zero-order valence-electron chi connectivity index (χ0n) is 10.3. The fraction of sp³-hybridized carbons (Fsp3) is 0.333. The summed E-state index contributed by atoms with van der Waals surface area (Å²) < 4.78 is 5.42. The lowest BCUT2D eigenvalue weighted by Gasteiger charge is -2.07. The molecule has 7 heteroatoms. The average Bonchev–Trinajstić information content (AvgIpc) is 2.39. The van der Waals surface area contributed by atoms with Gasteiger partial charge in [0.2, 0.25) is 5.91 Å². The Kier molecular flexibility index (Phi) is 6.83. The van der Waals surface area contributed by atoms with Gasteiger partial charge in [0.1, 0.15) is 0 Å². The minimum absolute atomic E-state index is 0.0806. The molecular formula is C12H14BrClN2O3. The smallest absolute Gasteiger partial charge is 0.251 e. The van der Waals surface area contributed by atoms with Gasteiger partial charge in [-0.2, -0.15) is 0 Å². The Balaban J connectivity index is 2.42. The van der Waals surface area contributed by atoms with E-state index in [4.69, 9.17) is 16.3 Å². The molecule has 2 N–H and O–H groups in total. The lowest BCUT2D eigenvalue weighted by molar-refractivity contribution is -0.120. The Hall–Kier alpha value is -1.11. The molecule has 5 nitrogen and oxygen atoms in total. The number of methoxy groups -OCH3 is 1. The Morgan fingerprint density at radius 1 is 1.37 bits per heavy atom. The predicted molar refractivity (Wildman–Crippen MR) is 76.4 cm³/mol. The molecule has 0 aliphatic heterocycles. The highest BCUT2D eigenvalue weighted by atomic mass is 79.9. The van der Waals surface area contributed by atoms with Gasteiger partial charge in [0.25, 0.3) is 5.91 Å². The summed E-state index contributed by atoms with van der Waals surface area (Å²) in [6, 6.07) is 4.80. The SMILES string of the molecule is COCCNC(=O)CNC(=O)c1ccc(Cl)c(Br)c1. The summed E-state index contributed by atoms with van der Waals surface area (Å²) in [6.45, 7) is 0.768.